The summed E-state index contributed by atoms with van der Waals surface area (Å²) in [7, 11) is 0. The van der Waals surface area contributed by atoms with Crippen molar-refractivity contribution in [3.63, 3.8) is 0 Å². The van der Waals surface area contributed by atoms with Gasteiger partial charge in [-0.05, 0) is 31.4 Å². The van der Waals surface area contributed by atoms with Gasteiger partial charge in [-0.3, -0.25) is 0 Å². The Hall–Kier alpha value is -1.32. The standard InChI is InChI=1S/C15H20N2O/c1-15(7-4-8-18-11-15)17-10-12-9-16-14-6-3-2-5-13(12)14/h2-3,5-6,9,16-17H,4,7-8,10-11H2,1H3. The van der Waals surface area contributed by atoms with Crippen LogP contribution in [0.2, 0.25) is 0 Å². The molecule has 3 rings (SSSR count). The first-order valence-corrected chi connectivity index (χ1v) is 6.65. The van der Waals surface area contributed by atoms with Gasteiger partial charge in [0.25, 0.3) is 0 Å². The third-order valence-corrected chi connectivity index (χ3v) is 3.82. The lowest BCUT2D eigenvalue weighted by atomic mass is 9.94. The van der Waals surface area contributed by atoms with Crippen molar-refractivity contribution >= 4 is 10.9 Å². The summed E-state index contributed by atoms with van der Waals surface area (Å²) in [6, 6.07) is 8.43. The lowest BCUT2D eigenvalue weighted by Gasteiger charge is -2.34. The molecule has 1 saturated heterocycles. The van der Waals surface area contributed by atoms with Crippen LogP contribution in [0.5, 0.6) is 0 Å². The molecule has 3 nitrogen and oxygen atoms in total. The first-order valence-electron chi connectivity index (χ1n) is 6.65. The zero-order valence-corrected chi connectivity index (χ0v) is 10.8. The highest BCUT2D eigenvalue weighted by molar-refractivity contribution is 5.82. The fraction of sp³-hybridized carbons (Fsp3) is 0.467. The van der Waals surface area contributed by atoms with Gasteiger partial charge in [0, 0.05) is 35.8 Å². The maximum absolute atomic E-state index is 5.57. The molecule has 1 aromatic carbocycles. The molecule has 1 aliphatic heterocycles. The second-order valence-corrected chi connectivity index (χ2v) is 5.43. The number of fused-ring (bicyclic) bond motifs is 1. The number of aromatic amines is 1. The van der Waals surface area contributed by atoms with E-state index in [0.29, 0.717) is 0 Å². The van der Waals surface area contributed by atoms with Crippen LogP contribution in [0.25, 0.3) is 10.9 Å². The molecule has 1 aliphatic rings. The predicted octanol–water partition coefficient (Wildman–Crippen LogP) is 2.83. The van der Waals surface area contributed by atoms with Gasteiger partial charge in [0.2, 0.25) is 0 Å². The van der Waals surface area contributed by atoms with Gasteiger partial charge in [-0.2, -0.15) is 0 Å². The molecule has 1 fully saturated rings. The second-order valence-electron chi connectivity index (χ2n) is 5.43. The smallest absolute Gasteiger partial charge is 0.0645 e. The monoisotopic (exact) mass is 244 g/mol. The van der Waals surface area contributed by atoms with E-state index in [9.17, 15) is 0 Å². The predicted molar refractivity (Wildman–Crippen MR) is 73.6 cm³/mol. The summed E-state index contributed by atoms with van der Waals surface area (Å²) >= 11 is 0. The van der Waals surface area contributed by atoms with E-state index in [1.165, 1.54) is 22.9 Å². The Morgan fingerprint density at radius 1 is 1.39 bits per heavy atom. The third-order valence-electron chi connectivity index (χ3n) is 3.82. The highest BCUT2D eigenvalue weighted by Crippen LogP contribution is 2.21. The van der Waals surface area contributed by atoms with Crippen LogP contribution < -0.4 is 5.32 Å². The SMILES string of the molecule is CC1(NCc2c[nH]c3ccccc23)CCCOC1. The van der Waals surface area contributed by atoms with Crippen LogP contribution in [0.3, 0.4) is 0 Å². The molecular weight excluding hydrogens is 224 g/mol. The first kappa shape index (κ1) is 11.8. The summed E-state index contributed by atoms with van der Waals surface area (Å²) in [6.07, 6.45) is 4.44. The summed E-state index contributed by atoms with van der Waals surface area (Å²) in [6.45, 7) is 4.87. The van der Waals surface area contributed by atoms with E-state index >= 15 is 0 Å². The number of hydrogen-bond acceptors (Lipinski definition) is 2. The highest BCUT2D eigenvalue weighted by atomic mass is 16.5. The van der Waals surface area contributed by atoms with Gasteiger partial charge in [0.15, 0.2) is 0 Å². The molecule has 96 valence electrons. The third kappa shape index (κ3) is 2.28. The van der Waals surface area contributed by atoms with Crippen LogP contribution in [0.4, 0.5) is 0 Å². The second kappa shape index (κ2) is 4.75. The number of rotatable bonds is 3. The van der Waals surface area contributed by atoms with Gasteiger partial charge in [-0.25, -0.2) is 0 Å². The van der Waals surface area contributed by atoms with Gasteiger partial charge in [0.1, 0.15) is 0 Å². The first-order chi connectivity index (χ1) is 8.77. The molecule has 0 aliphatic carbocycles. The van der Waals surface area contributed by atoms with Gasteiger partial charge in [-0.15, -0.1) is 0 Å². The van der Waals surface area contributed by atoms with Crippen LogP contribution in [-0.4, -0.2) is 23.7 Å². The Morgan fingerprint density at radius 2 is 2.28 bits per heavy atom. The Morgan fingerprint density at radius 3 is 3.11 bits per heavy atom. The molecule has 0 radical (unpaired) electrons. The lowest BCUT2D eigenvalue weighted by molar-refractivity contribution is 0.0278. The van der Waals surface area contributed by atoms with Gasteiger partial charge >= 0.3 is 0 Å². The summed E-state index contributed by atoms with van der Waals surface area (Å²) in [5.41, 5.74) is 2.66. The van der Waals surface area contributed by atoms with E-state index in [4.69, 9.17) is 4.74 Å². The largest absolute Gasteiger partial charge is 0.380 e. The van der Waals surface area contributed by atoms with Crippen LogP contribution in [0.15, 0.2) is 30.5 Å². The van der Waals surface area contributed by atoms with E-state index in [0.717, 1.165) is 26.2 Å². The molecule has 18 heavy (non-hydrogen) atoms. The highest BCUT2D eigenvalue weighted by Gasteiger charge is 2.26. The van der Waals surface area contributed by atoms with Crippen LogP contribution in [0.1, 0.15) is 25.3 Å². The maximum atomic E-state index is 5.57. The Kier molecular flexibility index (Phi) is 3.10. The molecule has 1 atom stereocenters. The topological polar surface area (TPSA) is 37.0 Å². The normalized spacial score (nSPS) is 24.5. The van der Waals surface area contributed by atoms with Crippen LogP contribution in [0, 0.1) is 0 Å². The van der Waals surface area contributed by atoms with Crippen molar-refractivity contribution in [1.29, 1.82) is 0 Å². The van der Waals surface area contributed by atoms with Crippen molar-refractivity contribution in [1.82, 2.24) is 10.3 Å². The Labute approximate surface area is 108 Å². The van der Waals surface area contributed by atoms with Crippen molar-refractivity contribution in [2.24, 2.45) is 0 Å². The van der Waals surface area contributed by atoms with E-state index in [2.05, 4.69) is 47.7 Å². The van der Waals surface area contributed by atoms with E-state index in [-0.39, 0.29) is 5.54 Å². The van der Waals surface area contributed by atoms with Gasteiger partial charge < -0.3 is 15.0 Å². The fourth-order valence-electron chi connectivity index (χ4n) is 2.66. The summed E-state index contributed by atoms with van der Waals surface area (Å²) in [4.78, 5) is 3.32. The van der Waals surface area contributed by atoms with Crippen molar-refractivity contribution in [3.8, 4) is 0 Å². The average molecular weight is 244 g/mol. The molecule has 2 heterocycles. The minimum atomic E-state index is 0.122. The van der Waals surface area contributed by atoms with E-state index in [1.54, 1.807) is 0 Å². The van der Waals surface area contributed by atoms with Crippen molar-refractivity contribution < 1.29 is 4.74 Å². The molecule has 0 bridgehead atoms. The molecule has 0 spiro atoms. The average Bonchev–Trinajstić information content (AvgIpc) is 2.81. The number of para-hydroxylation sites is 1. The Balaban J connectivity index is 1.73. The van der Waals surface area contributed by atoms with E-state index < -0.39 is 0 Å². The maximum Gasteiger partial charge on any atom is 0.0645 e. The minimum absolute atomic E-state index is 0.122. The van der Waals surface area contributed by atoms with E-state index in [1.807, 2.05) is 0 Å². The van der Waals surface area contributed by atoms with Crippen LogP contribution in [-0.2, 0) is 11.3 Å². The number of H-pyrrole nitrogens is 1. The summed E-state index contributed by atoms with van der Waals surface area (Å²) in [5.74, 6) is 0. The number of aromatic nitrogens is 1. The van der Waals surface area contributed by atoms with Crippen molar-refractivity contribution in [2.45, 2.75) is 31.8 Å². The Bertz CT molecular complexity index is 526. The molecule has 2 aromatic rings. The fourth-order valence-corrected chi connectivity index (χ4v) is 2.66. The minimum Gasteiger partial charge on any atom is -0.380 e. The molecule has 1 unspecified atom stereocenters. The number of ether oxygens (including phenoxy) is 1. The van der Waals surface area contributed by atoms with Gasteiger partial charge in [-0.1, -0.05) is 18.2 Å². The molecule has 2 N–H and O–H groups in total. The zero-order valence-electron chi connectivity index (χ0n) is 10.8. The number of hydrogen-bond donors (Lipinski definition) is 2. The number of benzene rings is 1. The summed E-state index contributed by atoms with van der Waals surface area (Å²) < 4.78 is 5.57. The molecule has 0 saturated carbocycles. The zero-order chi connectivity index (χ0) is 12.4. The molecular formula is C15H20N2O. The number of nitrogens with one attached hydrogen (secondary N) is 2. The van der Waals surface area contributed by atoms with Gasteiger partial charge in [0.05, 0.1) is 6.61 Å². The van der Waals surface area contributed by atoms with Crippen molar-refractivity contribution in [2.75, 3.05) is 13.2 Å². The van der Waals surface area contributed by atoms with Crippen LogP contribution >= 0.6 is 0 Å². The summed E-state index contributed by atoms with van der Waals surface area (Å²) in [5, 5.41) is 4.96. The molecule has 1 aromatic heterocycles. The lowest BCUT2D eigenvalue weighted by Crippen LogP contribution is -2.48. The molecule has 0 amide bonds. The quantitative estimate of drug-likeness (QED) is 0.871. The molecule has 3 heteroatoms. The van der Waals surface area contributed by atoms with Crippen molar-refractivity contribution in [3.05, 3.63) is 36.0 Å².